The number of ketones is 4. The minimum Gasteiger partial charge on any atom is -0.293 e. The van der Waals surface area contributed by atoms with Crippen molar-refractivity contribution in [2.75, 3.05) is 0 Å². The third kappa shape index (κ3) is 7.61. The van der Waals surface area contributed by atoms with Crippen molar-refractivity contribution in [1.82, 2.24) is 0 Å². The number of benzene rings is 2. The van der Waals surface area contributed by atoms with Crippen molar-refractivity contribution in [2.24, 2.45) is 68.0 Å². The predicted octanol–water partition coefficient (Wildman–Crippen LogP) is 13.0. The van der Waals surface area contributed by atoms with Crippen molar-refractivity contribution in [1.29, 1.82) is 0 Å². The van der Waals surface area contributed by atoms with E-state index in [9.17, 15) is 9.59 Å². The van der Waals surface area contributed by atoms with Crippen LogP contribution in [0.3, 0.4) is 0 Å². The molecule has 0 bridgehead atoms. The van der Waals surface area contributed by atoms with Crippen LogP contribution in [0, 0.1) is 68.0 Å². The number of hydrogen-bond acceptors (Lipinski definition) is 10. The summed E-state index contributed by atoms with van der Waals surface area (Å²) in [5.41, 5.74) is -4.08. The minimum absolute atomic E-state index is 0.000942. The van der Waals surface area contributed by atoms with E-state index in [0.29, 0.717) is 16.7 Å². The van der Waals surface area contributed by atoms with E-state index < -0.39 is 62.2 Å². The summed E-state index contributed by atoms with van der Waals surface area (Å²) in [5, 5.41) is 0. The van der Waals surface area contributed by atoms with Crippen LogP contribution < -0.4 is 0 Å². The molecule has 68 heavy (non-hydrogen) atoms. The van der Waals surface area contributed by atoms with Gasteiger partial charge in [0.15, 0.2) is 23.1 Å². The molecule has 0 aliphatic heterocycles. The van der Waals surface area contributed by atoms with Crippen LogP contribution >= 0.6 is 0 Å². The molecule has 0 spiro atoms. The molecule has 8 rings (SSSR count). The van der Waals surface area contributed by atoms with E-state index in [0.717, 1.165) is 38.5 Å². The molecule has 6 saturated carbocycles. The van der Waals surface area contributed by atoms with Gasteiger partial charge in [-0.15, -0.1) is 0 Å². The normalized spacial score (nSPS) is 36.4. The summed E-state index contributed by atoms with van der Waals surface area (Å²) in [5.74, 6) is -0.438. The number of carbonyl (C=O) groups excluding carboxylic acids is 4. The van der Waals surface area contributed by atoms with Gasteiger partial charge in [0.1, 0.15) is 18.3 Å². The van der Waals surface area contributed by atoms with Gasteiger partial charge in [-0.05, 0) is 165 Å². The Kier molecular flexibility index (Phi) is 12.4. The molecule has 2 aromatic rings. The highest BCUT2D eigenvalue weighted by Crippen LogP contribution is 2.80. The molecule has 374 valence electrons. The fourth-order valence-electron chi connectivity index (χ4n) is 14.8. The first-order chi connectivity index (χ1) is 31.3. The SMILES string of the molecule is CC1CCC2C(C)(C)C2(C(=O)c2ccc(C(=O)c3ccc(C(=O)C45C(OOC(C)(C)C)C(C)CCC4C5(C)C)c(C(=O)C45C(OOC(C)(C)C)C(C)CCC4C5(C)C)c3)cc2)C1OOC(C)(C)C. The van der Waals surface area contributed by atoms with Gasteiger partial charge in [-0.3, -0.25) is 19.2 Å². The first-order valence-electron chi connectivity index (χ1n) is 25.7. The van der Waals surface area contributed by atoms with Gasteiger partial charge < -0.3 is 0 Å². The standard InChI is InChI=1S/C58H82O10/c1-32-19-28-40-53(13,14)56(40,47(32)63-66-50(4,5)6)44(60)36-24-22-35(23-25-36)43(59)37-26-27-38(45(61)57-41(54(57,15)16)29-20-33(2)48(57)64-67-51(7,8)9)39(31-37)46(62)58-42(55(58,17)18)30-21-34(3)49(58)65-68-52(10,11)12/h22-27,31-34,40-42,47-49H,19-21,28-30H2,1-18H3. The average molecular weight is 939 g/mol. The largest absolute Gasteiger partial charge is 0.293 e. The molecular weight excluding hydrogens is 857 g/mol. The zero-order chi connectivity index (χ0) is 50.3. The second kappa shape index (κ2) is 16.5. The summed E-state index contributed by atoms with van der Waals surface area (Å²) in [6.45, 7) is 36.6. The van der Waals surface area contributed by atoms with Crippen LogP contribution in [0.15, 0.2) is 42.5 Å². The second-order valence-corrected chi connectivity index (χ2v) is 26.9. The second-order valence-electron chi connectivity index (χ2n) is 26.9. The van der Waals surface area contributed by atoms with E-state index in [1.165, 1.54) is 0 Å². The van der Waals surface area contributed by atoms with Gasteiger partial charge in [-0.1, -0.05) is 92.6 Å². The zero-order valence-corrected chi connectivity index (χ0v) is 44.6. The first-order valence-corrected chi connectivity index (χ1v) is 25.7. The van der Waals surface area contributed by atoms with Gasteiger partial charge in [0.05, 0.1) is 33.0 Å². The van der Waals surface area contributed by atoms with Crippen LogP contribution in [0.25, 0.3) is 0 Å². The van der Waals surface area contributed by atoms with Crippen molar-refractivity contribution in [3.8, 4) is 0 Å². The van der Waals surface area contributed by atoms with E-state index in [-0.39, 0.29) is 75.2 Å². The number of Topliss-reactive ketones (excluding diaryl/α,β-unsaturated/α-hetero) is 3. The van der Waals surface area contributed by atoms with Crippen LogP contribution in [-0.4, -0.2) is 58.2 Å². The Hall–Kier alpha value is -3.12. The number of rotatable bonds is 14. The molecule has 2 aromatic carbocycles. The Morgan fingerprint density at radius 2 is 0.735 bits per heavy atom. The number of hydrogen-bond donors (Lipinski definition) is 0. The maximum atomic E-state index is 16.1. The monoisotopic (exact) mass is 939 g/mol. The zero-order valence-electron chi connectivity index (χ0n) is 44.6. The average Bonchev–Trinajstić information content (AvgIpc) is 4.10. The molecule has 6 aliphatic rings. The van der Waals surface area contributed by atoms with Crippen molar-refractivity contribution in [3.05, 3.63) is 70.3 Å². The molecule has 0 radical (unpaired) electrons. The maximum Gasteiger partial charge on any atom is 0.193 e. The van der Waals surface area contributed by atoms with Crippen LogP contribution in [0.2, 0.25) is 0 Å². The molecule has 10 heteroatoms. The highest BCUT2D eigenvalue weighted by atomic mass is 17.2. The summed E-state index contributed by atoms with van der Waals surface area (Å²) in [7, 11) is 0. The van der Waals surface area contributed by atoms with Gasteiger partial charge in [0, 0.05) is 27.8 Å². The third-order valence-corrected chi connectivity index (χ3v) is 18.4. The smallest absolute Gasteiger partial charge is 0.193 e. The van der Waals surface area contributed by atoms with Gasteiger partial charge >= 0.3 is 0 Å². The Bertz CT molecular complexity index is 2340. The lowest BCUT2D eigenvalue weighted by Crippen LogP contribution is -2.46. The van der Waals surface area contributed by atoms with E-state index in [4.69, 9.17) is 29.3 Å². The number of carbonyl (C=O) groups is 4. The highest BCUT2D eigenvalue weighted by Gasteiger charge is 2.83. The van der Waals surface area contributed by atoms with Crippen molar-refractivity contribution in [2.45, 2.75) is 198 Å². The van der Waals surface area contributed by atoms with Gasteiger partial charge in [0.2, 0.25) is 0 Å². The highest BCUT2D eigenvalue weighted by molar-refractivity contribution is 6.18. The van der Waals surface area contributed by atoms with E-state index in [2.05, 4.69) is 62.3 Å². The molecule has 0 N–H and O–H groups in total. The first kappa shape index (κ1) is 51.2. The molecule has 0 aromatic heterocycles. The van der Waals surface area contributed by atoms with E-state index in [1.807, 2.05) is 62.3 Å². The van der Waals surface area contributed by atoms with Gasteiger partial charge in [-0.25, -0.2) is 29.3 Å². The van der Waals surface area contributed by atoms with Crippen LogP contribution in [0.4, 0.5) is 0 Å². The van der Waals surface area contributed by atoms with Crippen molar-refractivity contribution >= 4 is 23.1 Å². The minimum atomic E-state index is -1.01. The molecule has 0 amide bonds. The molecular formula is C58H82O10. The third-order valence-electron chi connectivity index (χ3n) is 18.4. The molecule has 6 fully saturated rings. The lowest BCUT2D eigenvalue weighted by molar-refractivity contribution is -0.390. The predicted molar refractivity (Wildman–Crippen MR) is 261 cm³/mol. The Balaban J connectivity index is 1.19. The lowest BCUT2D eigenvalue weighted by Gasteiger charge is -2.39. The Morgan fingerprint density at radius 3 is 1.09 bits per heavy atom. The fraction of sp³-hybridized carbons (Fsp3) is 0.724. The van der Waals surface area contributed by atoms with Crippen molar-refractivity contribution in [3.63, 3.8) is 0 Å². The summed E-state index contributed by atoms with van der Waals surface area (Å²) in [4.78, 5) is 98.5. The van der Waals surface area contributed by atoms with Gasteiger partial charge in [-0.2, -0.15) is 0 Å². The Labute approximate surface area is 406 Å². The van der Waals surface area contributed by atoms with Crippen molar-refractivity contribution < 1.29 is 48.5 Å². The van der Waals surface area contributed by atoms with Crippen LogP contribution in [-0.2, 0) is 29.3 Å². The van der Waals surface area contributed by atoms with Crippen LogP contribution in [0.1, 0.15) is 210 Å². The summed E-state index contributed by atoms with van der Waals surface area (Å²) < 4.78 is 0. The van der Waals surface area contributed by atoms with E-state index in [1.54, 1.807) is 42.5 Å². The molecule has 10 nitrogen and oxygen atoms in total. The molecule has 0 saturated heterocycles. The topological polar surface area (TPSA) is 124 Å². The maximum absolute atomic E-state index is 16.1. The molecule has 6 aliphatic carbocycles. The molecule has 0 heterocycles. The van der Waals surface area contributed by atoms with Gasteiger partial charge in [0.25, 0.3) is 0 Å². The van der Waals surface area contributed by atoms with E-state index >= 15 is 9.59 Å². The Morgan fingerprint density at radius 1 is 0.426 bits per heavy atom. The molecule has 12 atom stereocenters. The summed E-state index contributed by atoms with van der Waals surface area (Å²) in [6, 6.07) is 11.9. The fourth-order valence-corrected chi connectivity index (χ4v) is 14.8. The summed E-state index contributed by atoms with van der Waals surface area (Å²) >= 11 is 0. The quantitative estimate of drug-likeness (QED) is 0.103. The summed E-state index contributed by atoms with van der Waals surface area (Å²) in [6.07, 6.45) is 3.73. The molecule has 12 unspecified atom stereocenters. The number of fused-ring (bicyclic) bond motifs is 3. The lowest BCUT2D eigenvalue weighted by atomic mass is 9.70. The van der Waals surface area contributed by atoms with Crippen LogP contribution in [0.5, 0.6) is 0 Å².